The molecule has 0 saturated heterocycles. The van der Waals surface area contributed by atoms with Crippen LogP contribution in [0, 0.1) is 0 Å². The van der Waals surface area contributed by atoms with Crippen LogP contribution in [-0.4, -0.2) is 29.6 Å². The average Bonchev–Trinajstić information content (AvgIpc) is 2.37. The van der Waals surface area contributed by atoms with E-state index in [1.54, 1.807) is 6.92 Å². The summed E-state index contributed by atoms with van der Waals surface area (Å²) in [6.07, 6.45) is 0.327. The number of aromatic carboxylic acids is 1. The van der Waals surface area contributed by atoms with E-state index < -0.39 is 11.9 Å². The quantitative estimate of drug-likeness (QED) is 0.631. The van der Waals surface area contributed by atoms with Gasteiger partial charge in [-0.2, -0.15) is 0 Å². The number of carbonyl (C=O) groups excluding carboxylic acids is 2. The van der Waals surface area contributed by atoms with Crippen LogP contribution in [0.1, 0.15) is 36.2 Å². The Morgan fingerprint density at radius 2 is 1.95 bits per heavy atom. The monoisotopic (exact) mass is 280 g/mol. The molecular formula is C14H16O6. The van der Waals surface area contributed by atoms with Crippen LogP contribution in [-0.2, 0) is 20.7 Å². The molecule has 0 amide bonds. The number of carbonyl (C=O) groups is 3. The molecule has 6 heteroatoms. The predicted octanol–water partition coefficient (Wildman–Crippen LogP) is 1.81. The first-order chi connectivity index (χ1) is 9.43. The molecule has 108 valence electrons. The first-order valence-electron chi connectivity index (χ1n) is 6.14. The highest BCUT2D eigenvalue weighted by Gasteiger charge is 2.13. The number of rotatable bonds is 6. The number of hydrogen-bond donors (Lipinski definition) is 1. The molecule has 0 aliphatic heterocycles. The molecule has 0 spiro atoms. The zero-order valence-corrected chi connectivity index (χ0v) is 11.3. The van der Waals surface area contributed by atoms with Crippen molar-refractivity contribution in [1.29, 1.82) is 0 Å². The van der Waals surface area contributed by atoms with Crippen molar-refractivity contribution < 1.29 is 29.0 Å². The van der Waals surface area contributed by atoms with Crippen LogP contribution in [0.25, 0.3) is 0 Å². The third-order valence-electron chi connectivity index (χ3n) is 2.46. The molecular weight excluding hydrogens is 264 g/mol. The summed E-state index contributed by atoms with van der Waals surface area (Å²) in [5.74, 6) is -1.73. The molecule has 0 unspecified atom stereocenters. The number of hydrogen-bond acceptors (Lipinski definition) is 5. The van der Waals surface area contributed by atoms with E-state index in [1.807, 2.05) is 0 Å². The van der Waals surface area contributed by atoms with Crippen LogP contribution in [0.15, 0.2) is 18.2 Å². The van der Waals surface area contributed by atoms with Gasteiger partial charge in [-0.3, -0.25) is 9.59 Å². The van der Waals surface area contributed by atoms with E-state index in [9.17, 15) is 14.4 Å². The number of esters is 2. The van der Waals surface area contributed by atoms with Gasteiger partial charge in [0.1, 0.15) is 5.75 Å². The highest BCUT2D eigenvalue weighted by atomic mass is 16.5. The van der Waals surface area contributed by atoms with Gasteiger partial charge >= 0.3 is 17.9 Å². The third kappa shape index (κ3) is 4.72. The predicted molar refractivity (Wildman–Crippen MR) is 69.7 cm³/mol. The van der Waals surface area contributed by atoms with Crippen molar-refractivity contribution in [3.05, 3.63) is 29.3 Å². The number of ether oxygens (including phenoxy) is 2. The number of carboxylic acids is 1. The Balaban J connectivity index is 2.92. The third-order valence-corrected chi connectivity index (χ3v) is 2.46. The Morgan fingerprint density at radius 3 is 2.50 bits per heavy atom. The molecule has 0 aliphatic carbocycles. The molecule has 0 bridgehead atoms. The molecule has 0 aliphatic rings. The molecule has 0 fully saturated rings. The van der Waals surface area contributed by atoms with Gasteiger partial charge in [-0.1, -0.05) is 0 Å². The van der Waals surface area contributed by atoms with E-state index in [-0.39, 0.29) is 36.7 Å². The molecule has 0 aromatic heterocycles. The van der Waals surface area contributed by atoms with Crippen molar-refractivity contribution in [2.75, 3.05) is 6.61 Å². The second-order valence-corrected chi connectivity index (χ2v) is 4.03. The first-order valence-corrected chi connectivity index (χ1v) is 6.14. The number of carboxylic acid groups (broad SMARTS) is 1. The topological polar surface area (TPSA) is 89.9 Å². The lowest BCUT2D eigenvalue weighted by Gasteiger charge is -2.09. The van der Waals surface area contributed by atoms with Gasteiger partial charge in [0.25, 0.3) is 0 Å². The zero-order valence-electron chi connectivity index (χ0n) is 11.3. The maximum absolute atomic E-state index is 11.3. The molecule has 1 N–H and O–H groups in total. The van der Waals surface area contributed by atoms with Crippen molar-refractivity contribution in [2.45, 2.75) is 26.7 Å². The summed E-state index contributed by atoms with van der Waals surface area (Å²) in [6.45, 7) is 3.23. The minimum absolute atomic E-state index is 0.0692. The standard InChI is InChI=1S/C14H16O6/c1-3-19-13(16)7-5-10-8-11(14(17)18)4-6-12(10)20-9(2)15/h4,6,8H,3,5,7H2,1-2H3,(H,17,18). The number of benzene rings is 1. The minimum Gasteiger partial charge on any atom is -0.478 e. The second kappa shape index (κ2) is 7.28. The lowest BCUT2D eigenvalue weighted by Crippen LogP contribution is -2.09. The largest absolute Gasteiger partial charge is 0.478 e. The maximum atomic E-state index is 11.3. The summed E-state index contributed by atoms with van der Waals surface area (Å²) in [6, 6.07) is 4.14. The van der Waals surface area contributed by atoms with Crippen molar-refractivity contribution in [1.82, 2.24) is 0 Å². The lowest BCUT2D eigenvalue weighted by molar-refractivity contribution is -0.143. The molecule has 0 atom stereocenters. The van der Waals surface area contributed by atoms with Crippen LogP contribution < -0.4 is 4.74 Å². The first kappa shape index (κ1) is 15.7. The van der Waals surface area contributed by atoms with Crippen molar-refractivity contribution in [3.63, 3.8) is 0 Å². The van der Waals surface area contributed by atoms with Crippen LogP contribution in [0.2, 0.25) is 0 Å². The van der Waals surface area contributed by atoms with Gasteiger partial charge < -0.3 is 14.6 Å². The van der Waals surface area contributed by atoms with Gasteiger partial charge in [-0.25, -0.2) is 4.79 Å². The molecule has 0 radical (unpaired) electrons. The second-order valence-electron chi connectivity index (χ2n) is 4.03. The van der Waals surface area contributed by atoms with E-state index in [2.05, 4.69) is 0 Å². The summed E-state index contributed by atoms with van der Waals surface area (Å²) < 4.78 is 9.79. The fourth-order valence-electron chi connectivity index (χ4n) is 1.63. The van der Waals surface area contributed by atoms with Gasteiger partial charge in [0.15, 0.2) is 0 Å². The van der Waals surface area contributed by atoms with Crippen molar-refractivity contribution in [2.24, 2.45) is 0 Å². The Hall–Kier alpha value is -2.37. The number of aryl methyl sites for hydroxylation is 1. The summed E-state index contributed by atoms with van der Waals surface area (Å²) >= 11 is 0. The lowest BCUT2D eigenvalue weighted by atomic mass is 10.0. The molecule has 20 heavy (non-hydrogen) atoms. The normalized spacial score (nSPS) is 9.90. The highest BCUT2D eigenvalue weighted by molar-refractivity contribution is 5.88. The molecule has 0 heterocycles. The van der Waals surface area contributed by atoms with Gasteiger partial charge in [0, 0.05) is 13.3 Å². The van der Waals surface area contributed by atoms with Gasteiger partial charge in [0.05, 0.1) is 12.2 Å². The summed E-state index contributed by atoms with van der Waals surface area (Å²) in [4.78, 5) is 33.2. The van der Waals surface area contributed by atoms with Gasteiger partial charge in [-0.15, -0.1) is 0 Å². The van der Waals surface area contributed by atoms with E-state index in [0.717, 1.165) is 0 Å². The Morgan fingerprint density at radius 1 is 1.25 bits per heavy atom. The molecule has 1 aromatic rings. The molecule has 0 saturated carbocycles. The van der Waals surface area contributed by atoms with Crippen molar-refractivity contribution >= 4 is 17.9 Å². The Kier molecular flexibility index (Phi) is 5.71. The molecule has 6 nitrogen and oxygen atoms in total. The Labute approximate surface area is 116 Å². The smallest absolute Gasteiger partial charge is 0.335 e. The summed E-state index contributed by atoms with van der Waals surface area (Å²) in [5.41, 5.74) is 0.549. The van der Waals surface area contributed by atoms with Crippen LogP contribution >= 0.6 is 0 Å². The zero-order chi connectivity index (χ0) is 15.1. The summed E-state index contributed by atoms with van der Waals surface area (Å²) in [7, 11) is 0. The van der Waals surface area contributed by atoms with E-state index >= 15 is 0 Å². The van der Waals surface area contributed by atoms with Gasteiger partial charge in [-0.05, 0) is 37.1 Å². The fraction of sp³-hybridized carbons (Fsp3) is 0.357. The molecule has 1 aromatic carbocycles. The van der Waals surface area contributed by atoms with E-state index in [0.29, 0.717) is 5.56 Å². The highest BCUT2D eigenvalue weighted by Crippen LogP contribution is 2.22. The van der Waals surface area contributed by atoms with Gasteiger partial charge in [0.2, 0.25) is 0 Å². The van der Waals surface area contributed by atoms with Crippen LogP contribution in [0.3, 0.4) is 0 Å². The molecule has 1 rings (SSSR count). The fourth-order valence-corrected chi connectivity index (χ4v) is 1.63. The summed E-state index contributed by atoms with van der Waals surface area (Å²) in [5, 5.41) is 8.94. The van der Waals surface area contributed by atoms with E-state index in [4.69, 9.17) is 14.6 Å². The van der Waals surface area contributed by atoms with Crippen LogP contribution in [0.5, 0.6) is 5.75 Å². The maximum Gasteiger partial charge on any atom is 0.335 e. The average molecular weight is 280 g/mol. The van der Waals surface area contributed by atoms with Crippen LogP contribution in [0.4, 0.5) is 0 Å². The minimum atomic E-state index is -1.09. The Bertz CT molecular complexity index is 520. The van der Waals surface area contributed by atoms with Crippen molar-refractivity contribution in [3.8, 4) is 5.75 Å². The van der Waals surface area contributed by atoms with E-state index in [1.165, 1.54) is 25.1 Å². The SMILES string of the molecule is CCOC(=O)CCc1cc(C(=O)O)ccc1OC(C)=O.